The van der Waals surface area contributed by atoms with Crippen LogP contribution in [0.1, 0.15) is 44.9 Å². The molecule has 121 heavy (non-hydrogen) atoms. The molecule has 0 aromatic carbocycles. The summed E-state index contributed by atoms with van der Waals surface area (Å²) in [5.41, 5.74) is 1.66. The number of imide groups is 1. The first-order valence-electron chi connectivity index (χ1n) is 40.2. The maximum absolute atomic E-state index is 14.1. The SMILES string of the molecule is C=O.COCCOCCOCCOCCOCCOCCOCCOCCOCCOCCOCCOCCOCCOCCOCCOCCOCCOCCOCCOCCOCCOCCOCCCN(CCCCCC(=O)ON1C(=O)CCC1=O)C(=O)COC1=C2C=CC3=C(S(=O)(=O)[O-])C=C(SOO[O-])C4=CC=C(C(SOO[O-])=C1)C2C43. The Morgan fingerprint density at radius 3 is 1.02 bits per heavy atom. The fourth-order valence-corrected chi connectivity index (χ4v) is 13.2. The molecule has 1 fully saturated rings. The molecule has 0 saturated carbocycles. The summed E-state index contributed by atoms with van der Waals surface area (Å²) in [7, 11) is -3.43. The van der Waals surface area contributed by atoms with E-state index in [1.54, 1.807) is 30.2 Å². The van der Waals surface area contributed by atoms with Crippen LogP contribution in [0, 0.1) is 11.8 Å². The Morgan fingerprint density at radius 2 is 0.702 bits per heavy atom. The predicted octanol–water partition coefficient (Wildman–Crippen LogP) is 1.48. The van der Waals surface area contributed by atoms with Crippen LogP contribution in [0.4, 0.5) is 0 Å². The minimum Gasteiger partial charge on any atom is -0.744 e. The summed E-state index contributed by atoms with van der Waals surface area (Å²) >= 11 is 0.968. The molecule has 1 heterocycles. The van der Waals surface area contributed by atoms with Gasteiger partial charge in [-0.2, -0.15) is 8.67 Å². The van der Waals surface area contributed by atoms with Crippen LogP contribution in [0.5, 0.6) is 0 Å². The van der Waals surface area contributed by atoms with Crippen LogP contribution >= 0.6 is 24.1 Å². The quantitative estimate of drug-likeness (QED) is 0.0208. The van der Waals surface area contributed by atoms with Gasteiger partial charge in [0, 0.05) is 73.3 Å². The molecule has 0 spiro atoms. The van der Waals surface area contributed by atoms with Crippen molar-refractivity contribution in [2.24, 2.45) is 11.8 Å². The van der Waals surface area contributed by atoms with Gasteiger partial charge in [-0.25, -0.2) is 13.2 Å². The lowest BCUT2D eigenvalue weighted by atomic mass is 9.64. The Balaban J connectivity index is 0.0000153. The summed E-state index contributed by atoms with van der Waals surface area (Å²) in [6.45, 7) is 22.1. The van der Waals surface area contributed by atoms with Crippen LogP contribution in [0.2, 0.25) is 0 Å². The second-order valence-electron chi connectivity index (χ2n) is 25.4. The number of ether oxygens (including phenoxy) is 24. The normalized spacial score (nSPS) is 15.6. The maximum Gasteiger partial charge on any atom is 0.333 e. The Morgan fingerprint density at radius 1 is 0.413 bits per heavy atom. The number of carbonyl (C=O) groups excluding carboxylic acids is 5. The molecule has 0 bridgehead atoms. The first kappa shape index (κ1) is 109. The highest BCUT2D eigenvalue weighted by atomic mass is 32.2. The standard InChI is InChI=1S/C76H124N2O38S3.CH2O/c1-88-16-17-90-20-21-92-24-25-94-28-29-96-32-33-98-36-37-100-40-41-102-44-45-104-48-49-106-52-53-108-56-57-110-59-58-109-55-54-107-51-50-105-47-46-103-43-42-101-39-38-99-35-34-97-31-30-95-27-26-93-23-22-91-19-18-89-15-5-14-77(13-4-2-3-6-74(82)112-78-71(79)11-12-72(78)80)73(81)62-111-67-60-68(117-115-113-83)64-8-9-65-69(118-116-114-84)61-70(119(85,86)87)66-10-7-63(67)75(64)76(65)66;1-2/h7-10,60-61,75-76,83-84H,2-6,11-59,62H2,1H3,(H,85,86,87);1H2/p-3. The minimum atomic E-state index is -5.07. The number of methoxy groups -OCH3 is 1. The van der Waals surface area contributed by atoms with Gasteiger partial charge < -0.3 is 143 Å². The molecule has 41 nitrogen and oxygen atoms in total. The minimum absolute atomic E-state index is 0.0314. The lowest BCUT2D eigenvalue weighted by Crippen LogP contribution is -2.37. The molecule has 696 valence electrons. The molecular weight excluding hydrogens is 1670 g/mol. The van der Waals surface area contributed by atoms with Crippen molar-refractivity contribution in [2.75, 3.05) is 324 Å². The van der Waals surface area contributed by atoms with Gasteiger partial charge >= 0.3 is 5.97 Å². The van der Waals surface area contributed by atoms with Gasteiger partial charge in [0.05, 0.1) is 320 Å². The number of amides is 3. The predicted molar refractivity (Wildman–Crippen MR) is 422 cm³/mol. The molecule has 0 aromatic rings. The van der Waals surface area contributed by atoms with E-state index in [0.29, 0.717) is 361 Å². The molecule has 0 aromatic heterocycles. The average Bonchev–Trinajstić information content (AvgIpc) is 0.868. The van der Waals surface area contributed by atoms with Crippen LogP contribution in [-0.4, -0.2) is 378 Å². The zero-order chi connectivity index (χ0) is 86.8. The number of unbranched alkanes of at least 4 members (excludes halogenated alkanes) is 2. The molecule has 2 atom stereocenters. The van der Waals surface area contributed by atoms with E-state index in [2.05, 4.69) is 14.4 Å². The highest BCUT2D eigenvalue weighted by Crippen LogP contribution is 2.57. The van der Waals surface area contributed by atoms with E-state index in [9.17, 15) is 42.7 Å². The van der Waals surface area contributed by atoms with E-state index in [0.717, 1.165) is 6.08 Å². The molecular formula is C77H123N2O39S3-3. The molecule has 4 aliphatic carbocycles. The Kier molecular flexibility index (Phi) is 67.6. The smallest absolute Gasteiger partial charge is 0.333 e. The summed E-state index contributed by atoms with van der Waals surface area (Å²) in [5, 5.41) is 29.5. The van der Waals surface area contributed by atoms with Crippen molar-refractivity contribution in [3.63, 3.8) is 0 Å². The summed E-state index contributed by atoms with van der Waals surface area (Å²) in [6.07, 6.45) is 10.5. The van der Waals surface area contributed by atoms with Crippen molar-refractivity contribution in [3.8, 4) is 0 Å². The van der Waals surface area contributed by atoms with Crippen LogP contribution in [0.15, 0.2) is 79.2 Å². The molecule has 0 radical (unpaired) electrons. The van der Waals surface area contributed by atoms with E-state index < -0.39 is 57.2 Å². The third kappa shape index (κ3) is 52.2. The van der Waals surface area contributed by atoms with Crippen LogP contribution < -0.4 is 10.5 Å². The van der Waals surface area contributed by atoms with Crippen LogP contribution in [0.25, 0.3) is 0 Å². The molecule has 2 unspecified atom stereocenters. The third-order valence-corrected chi connectivity index (χ3v) is 19.2. The summed E-state index contributed by atoms with van der Waals surface area (Å²) in [6, 6.07) is 0. The lowest BCUT2D eigenvalue weighted by Gasteiger charge is -2.43. The largest absolute Gasteiger partial charge is 0.744 e. The van der Waals surface area contributed by atoms with Crippen molar-refractivity contribution in [1.29, 1.82) is 0 Å². The topological polar surface area (TPSA) is 463 Å². The Labute approximate surface area is 716 Å². The van der Waals surface area contributed by atoms with E-state index in [-0.39, 0.29) is 61.8 Å². The highest BCUT2D eigenvalue weighted by molar-refractivity contribution is 7.99. The molecule has 1 saturated heterocycles. The second-order valence-corrected chi connectivity index (χ2v) is 28.3. The van der Waals surface area contributed by atoms with E-state index in [4.69, 9.17) is 128 Å². The fourth-order valence-electron chi connectivity index (χ4n) is 11.3. The van der Waals surface area contributed by atoms with Gasteiger partial charge in [-0.1, -0.05) is 30.7 Å². The van der Waals surface area contributed by atoms with Gasteiger partial charge in [-0.05, 0) is 48.1 Å². The first-order valence-corrected chi connectivity index (χ1v) is 43.1. The van der Waals surface area contributed by atoms with Crippen molar-refractivity contribution < 1.29 is 185 Å². The molecule has 5 aliphatic rings. The van der Waals surface area contributed by atoms with E-state index in [1.165, 1.54) is 12.2 Å². The van der Waals surface area contributed by atoms with Crippen molar-refractivity contribution >= 4 is 64.7 Å². The number of carbonyl (C=O) groups is 5. The van der Waals surface area contributed by atoms with Crippen molar-refractivity contribution in [2.45, 2.75) is 44.9 Å². The molecule has 3 amide bonds. The highest BCUT2D eigenvalue weighted by Gasteiger charge is 2.46. The van der Waals surface area contributed by atoms with Gasteiger partial charge in [0.1, 0.15) is 22.7 Å². The average molecular weight is 1800 g/mol. The Hall–Kier alpha value is -4.82. The number of rotatable bonds is 87. The first-order chi connectivity index (χ1) is 59.5. The van der Waals surface area contributed by atoms with Crippen molar-refractivity contribution in [1.82, 2.24) is 9.96 Å². The Bertz CT molecular complexity index is 3040. The molecule has 1 aliphatic heterocycles. The third-order valence-electron chi connectivity index (χ3n) is 17.0. The summed E-state index contributed by atoms with van der Waals surface area (Å²) < 4.78 is 180. The molecule has 44 heteroatoms. The monoisotopic (exact) mass is 1800 g/mol. The fraction of sp³-hybridized carbons (Fsp3) is 0.753. The summed E-state index contributed by atoms with van der Waals surface area (Å²) in [5.74, 6) is -3.74. The van der Waals surface area contributed by atoms with Crippen molar-refractivity contribution in [3.05, 3.63) is 79.2 Å². The number of hydrogen-bond donors (Lipinski definition) is 0. The van der Waals surface area contributed by atoms with Crippen LogP contribution in [-0.2, 0) is 171 Å². The summed E-state index contributed by atoms with van der Waals surface area (Å²) in [4.78, 5) is 64.8. The number of hydroxylamine groups is 2. The number of allylic oxidation sites excluding steroid dienone is 10. The maximum atomic E-state index is 14.1. The van der Waals surface area contributed by atoms with Gasteiger partial charge in [-0.15, -0.1) is 5.06 Å². The second kappa shape index (κ2) is 75.3. The van der Waals surface area contributed by atoms with Gasteiger partial charge in [-0.3, -0.25) is 24.5 Å². The zero-order valence-electron chi connectivity index (χ0n) is 69.3. The van der Waals surface area contributed by atoms with E-state index in [1.807, 2.05) is 6.79 Å². The number of hydrogen-bond acceptors (Lipinski definition) is 41. The van der Waals surface area contributed by atoms with Gasteiger partial charge in [0.25, 0.3) is 17.7 Å². The molecule has 0 N–H and O–H groups in total. The van der Waals surface area contributed by atoms with Gasteiger partial charge in [0.2, 0.25) is 0 Å². The van der Waals surface area contributed by atoms with Crippen LogP contribution in [0.3, 0.4) is 0 Å². The lowest BCUT2D eigenvalue weighted by molar-refractivity contribution is -0.777. The van der Waals surface area contributed by atoms with Gasteiger partial charge in [0.15, 0.2) is 6.61 Å². The van der Waals surface area contributed by atoms with E-state index >= 15 is 0 Å². The number of nitrogens with zero attached hydrogens (tertiary/aromatic N) is 2. The molecule has 5 rings (SSSR count). The zero-order valence-corrected chi connectivity index (χ0v) is 71.7.